The molecule has 0 aliphatic heterocycles. The fourth-order valence-corrected chi connectivity index (χ4v) is 4.35. The predicted molar refractivity (Wildman–Crippen MR) is 132 cm³/mol. The van der Waals surface area contributed by atoms with E-state index in [0.29, 0.717) is 28.0 Å². The molecule has 0 saturated heterocycles. The van der Waals surface area contributed by atoms with Gasteiger partial charge in [0.1, 0.15) is 11.3 Å². The summed E-state index contributed by atoms with van der Waals surface area (Å²) in [5.74, 6) is -0.514. The SMILES string of the molecule is Cc1cc(C(C)Nc2ccccc2C(=O)O)c2oc(-c3ccc4cn[nH]c4c3)c(C)c(=O)c2c1. The second-order valence-corrected chi connectivity index (χ2v) is 8.50. The highest BCUT2D eigenvalue weighted by Gasteiger charge is 2.20. The fourth-order valence-electron chi connectivity index (χ4n) is 4.35. The van der Waals surface area contributed by atoms with Gasteiger partial charge < -0.3 is 14.8 Å². The van der Waals surface area contributed by atoms with E-state index in [2.05, 4.69) is 15.5 Å². The maximum absolute atomic E-state index is 13.4. The second-order valence-electron chi connectivity index (χ2n) is 8.50. The molecule has 5 rings (SSSR count). The van der Waals surface area contributed by atoms with E-state index in [1.54, 1.807) is 37.4 Å². The Labute approximate surface area is 195 Å². The Balaban J connectivity index is 1.68. The molecule has 0 spiro atoms. The summed E-state index contributed by atoms with van der Waals surface area (Å²) in [6.07, 6.45) is 1.74. The van der Waals surface area contributed by atoms with E-state index in [1.165, 1.54) is 0 Å². The molecule has 0 aliphatic carbocycles. The molecule has 1 unspecified atom stereocenters. The highest BCUT2D eigenvalue weighted by Crippen LogP contribution is 2.33. The number of nitrogens with one attached hydrogen (secondary N) is 2. The van der Waals surface area contributed by atoms with Gasteiger partial charge in [0.15, 0.2) is 5.43 Å². The predicted octanol–water partition coefficient (Wildman–Crippen LogP) is 5.82. The van der Waals surface area contributed by atoms with Crippen LogP contribution in [0.5, 0.6) is 0 Å². The van der Waals surface area contributed by atoms with Gasteiger partial charge in [0.25, 0.3) is 0 Å². The number of aromatic carboxylic acids is 1. The molecule has 0 fully saturated rings. The molecule has 2 heterocycles. The molecule has 7 nitrogen and oxygen atoms in total. The van der Waals surface area contributed by atoms with Gasteiger partial charge in [-0.2, -0.15) is 5.10 Å². The van der Waals surface area contributed by atoms with Crippen molar-refractivity contribution in [3.05, 3.63) is 93.3 Å². The number of carbonyl (C=O) groups is 1. The van der Waals surface area contributed by atoms with Crippen LogP contribution in [-0.2, 0) is 0 Å². The van der Waals surface area contributed by atoms with Crippen LogP contribution >= 0.6 is 0 Å². The molecule has 0 amide bonds. The number of anilines is 1. The van der Waals surface area contributed by atoms with Gasteiger partial charge in [0.2, 0.25) is 0 Å². The van der Waals surface area contributed by atoms with Gasteiger partial charge in [-0.3, -0.25) is 9.89 Å². The third kappa shape index (κ3) is 3.61. The number of H-pyrrole nitrogens is 1. The number of benzene rings is 3. The minimum absolute atomic E-state index is 0.0935. The molecular formula is C27H23N3O4. The maximum atomic E-state index is 13.4. The summed E-state index contributed by atoms with van der Waals surface area (Å²) in [5, 5.41) is 21.3. The lowest BCUT2D eigenvalue weighted by atomic mass is 9.98. The normalized spacial score (nSPS) is 12.2. The van der Waals surface area contributed by atoms with Gasteiger partial charge in [-0.25, -0.2) is 4.79 Å². The number of carboxylic acids is 1. The van der Waals surface area contributed by atoms with Crippen LogP contribution in [0.3, 0.4) is 0 Å². The number of hydrogen-bond donors (Lipinski definition) is 3. The van der Waals surface area contributed by atoms with Crippen molar-refractivity contribution in [1.29, 1.82) is 0 Å². The Hall–Kier alpha value is -4.39. The Morgan fingerprint density at radius 2 is 1.91 bits per heavy atom. The fraction of sp³-hybridized carbons (Fsp3) is 0.148. The Kier molecular flexibility index (Phi) is 5.17. The third-order valence-corrected chi connectivity index (χ3v) is 6.09. The Bertz CT molecular complexity index is 1630. The van der Waals surface area contributed by atoms with Crippen molar-refractivity contribution in [2.45, 2.75) is 26.8 Å². The lowest BCUT2D eigenvalue weighted by molar-refractivity contribution is 0.0698. The summed E-state index contributed by atoms with van der Waals surface area (Å²) in [6, 6.07) is 16.0. The average molecular weight is 453 g/mol. The molecular weight excluding hydrogens is 430 g/mol. The summed E-state index contributed by atoms with van der Waals surface area (Å²) in [4.78, 5) is 25.0. The summed E-state index contributed by atoms with van der Waals surface area (Å²) in [5.41, 5.74) is 4.91. The number of aromatic amines is 1. The van der Waals surface area contributed by atoms with Gasteiger partial charge >= 0.3 is 5.97 Å². The van der Waals surface area contributed by atoms with E-state index >= 15 is 0 Å². The number of aromatic nitrogens is 2. The van der Waals surface area contributed by atoms with Crippen LogP contribution in [0.4, 0.5) is 5.69 Å². The van der Waals surface area contributed by atoms with Gasteiger partial charge in [-0.1, -0.05) is 30.3 Å². The van der Waals surface area contributed by atoms with Gasteiger partial charge in [0, 0.05) is 27.8 Å². The van der Waals surface area contributed by atoms with Crippen molar-refractivity contribution in [3.63, 3.8) is 0 Å². The second kappa shape index (κ2) is 8.19. The number of hydrogen-bond acceptors (Lipinski definition) is 5. The van der Waals surface area contributed by atoms with Crippen molar-refractivity contribution in [2.75, 3.05) is 5.32 Å². The number of rotatable bonds is 5. The molecule has 170 valence electrons. The average Bonchev–Trinajstić information content (AvgIpc) is 3.29. The van der Waals surface area contributed by atoms with Crippen molar-refractivity contribution < 1.29 is 14.3 Å². The first-order valence-electron chi connectivity index (χ1n) is 10.9. The zero-order valence-corrected chi connectivity index (χ0v) is 19.0. The topological polar surface area (TPSA) is 108 Å². The monoisotopic (exact) mass is 453 g/mol. The molecule has 0 aliphatic rings. The maximum Gasteiger partial charge on any atom is 0.337 e. The van der Waals surface area contributed by atoms with Crippen molar-refractivity contribution in [1.82, 2.24) is 10.2 Å². The Morgan fingerprint density at radius 1 is 1.12 bits per heavy atom. The van der Waals surface area contributed by atoms with Crippen molar-refractivity contribution in [2.24, 2.45) is 0 Å². The molecule has 34 heavy (non-hydrogen) atoms. The number of fused-ring (bicyclic) bond motifs is 2. The zero-order valence-electron chi connectivity index (χ0n) is 19.0. The summed E-state index contributed by atoms with van der Waals surface area (Å²) in [6.45, 7) is 5.61. The van der Waals surface area contributed by atoms with Crippen LogP contribution in [0.2, 0.25) is 0 Å². The standard InChI is InChI=1S/C27H23N3O4/c1-14-10-20(16(3)29-22-7-5-4-6-19(22)27(32)33)26-21(11-14)24(31)15(2)25(34-26)17-8-9-18-13-28-30-23(18)12-17/h4-13,16,29H,1-3H3,(H,28,30)(H,32,33). The smallest absolute Gasteiger partial charge is 0.337 e. The molecule has 0 radical (unpaired) electrons. The van der Waals surface area contributed by atoms with E-state index in [4.69, 9.17) is 4.42 Å². The van der Waals surface area contributed by atoms with Crippen molar-refractivity contribution in [3.8, 4) is 11.3 Å². The zero-order chi connectivity index (χ0) is 24.0. The van der Waals surface area contributed by atoms with Crippen LogP contribution in [0, 0.1) is 13.8 Å². The lowest BCUT2D eigenvalue weighted by Gasteiger charge is -2.20. The van der Waals surface area contributed by atoms with Crippen LogP contribution in [0.1, 0.15) is 40.0 Å². The molecule has 3 N–H and O–H groups in total. The van der Waals surface area contributed by atoms with Crippen LogP contribution < -0.4 is 10.7 Å². The molecule has 0 bridgehead atoms. The number of aryl methyl sites for hydroxylation is 1. The van der Waals surface area contributed by atoms with Crippen LogP contribution in [0.15, 0.2) is 70.0 Å². The largest absolute Gasteiger partial charge is 0.478 e. The number of carboxylic acid groups (broad SMARTS) is 1. The highest BCUT2D eigenvalue weighted by molar-refractivity contribution is 5.94. The quantitative estimate of drug-likeness (QED) is 0.309. The highest BCUT2D eigenvalue weighted by atomic mass is 16.4. The molecule has 3 aromatic carbocycles. The van der Waals surface area contributed by atoms with E-state index in [1.807, 2.05) is 44.2 Å². The molecule has 7 heteroatoms. The van der Waals surface area contributed by atoms with Gasteiger partial charge in [-0.05, 0) is 50.6 Å². The first-order chi connectivity index (χ1) is 16.3. The number of nitrogens with zero attached hydrogens (tertiary/aromatic N) is 1. The minimum atomic E-state index is -1.01. The van der Waals surface area contributed by atoms with Gasteiger partial charge in [-0.15, -0.1) is 0 Å². The van der Waals surface area contributed by atoms with E-state index in [-0.39, 0.29) is 17.0 Å². The summed E-state index contributed by atoms with van der Waals surface area (Å²) < 4.78 is 6.42. The van der Waals surface area contributed by atoms with E-state index < -0.39 is 5.97 Å². The molecule has 1 atom stereocenters. The van der Waals surface area contributed by atoms with Crippen molar-refractivity contribution >= 4 is 33.5 Å². The summed E-state index contributed by atoms with van der Waals surface area (Å²) in [7, 11) is 0. The summed E-state index contributed by atoms with van der Waals surface area (Å²) >= 11 is 0. The first kappa shape index (κ1) is 21.5. The first-order valence-corrected chi connectivity index (χ1v) is 10.9. The lowest BCUT2D eigenvalue weighted by Crippen LogP contribution is -2.14. The van der Waals surface area contributed by atoms with E-state index in [0.717, 1.165) is 27.6 Å². The minimum Gasteiger partial charge on any atom is -0.478 e. The Morgan fingerprint density at radius 3 is 2.71 bits per heavy atom. The third-order valence-electron chi connectivity index (χ3n) is 6.09. The molecule has 2 aromatic heterocycles. The van der Waals surface area contributed by atoms with E-state index in [9.17, 15) is 14.7 Å². The van der Waals surface area contributed by atoms with Gasteiger partial charge in [0.05, 0.1) is 28.7 Å². The molecule has 0 saturated carbocycles. The van der Waals surface area contributed by atoms with Crippen LogP contribution in [0.25, 0.3) is 33.2 Å². The molecule has 5 aromatic rings. The number of para-hydroxylation sites is 1. The van der Waals surface area contributed by atoms with Crippen LogP contribution in [-0.4, -0.2) is 21.3 Å².